The number of nitrogens with one attached hydrogen (secondary N) is 1. The Morgan fingerprint density at radius 1 is 1.46 bits per heavy atom. The summed E-state index contributed by atoms with van der Waals surface area (Å²) in [5.74, 6) is 1.90. The van der Waals surface area contributed by atoms with Crippen molar-refractivity contribution < 1.29 is 4.74 Å². The fourth-order valence-electron chi connectivity index (χ4n) is 2.48. The second kappa shape index (κ2) is 11.3. The molecule has 144 valence electrons. The van der Waals surface area contributed by atoms with Gasteiger partial charge in [-0.15, -0.1) is 21.5 Å². The van der Waals surface area contributed by atoms with Crippen molar-refractivity contribution in [3.63, 3.8) is 0 Å². The van der Waals surface area contributed by atoms with Crippen LogP contribution in [0.5, 0.6) is 0 Å². The summed E-state index contributed by atoms with van der Waals surface area (Å²) in [6, 6.07) is 4.22. The zero-order valence-electron chi connectivity index (χ0n) is 15.6. The maximum Gasteiger partial charge on any atom is 0.194 e. The molecular weight excluding hydrogens is 416 g/mol. The number of guanidine groups is 1. The lowest BCUT2D eigenvalue weighted by Crippen LogP contribution is -2.40. The van der Waals surface area contributed by atoms with E-state index < -0.39 is 0 Å². The predicted octanol–water partition coefficient (Wildman–Crippen LogP) is 2.78. The molecular formula is C17H27BrN6OS. The highest BCUT2D eigenvalue weighted by molar-refractivity contribution is 9.11. The molecule has 1 N–H and O–H groups in total. The first-order valence-electron chi connectivity index (χ1n) is 8.73. The summed E-state index contributed by atoms with van der Waals surface area (Å²) >= 11 is 5.27. The van der Waals surface area contributed by atoms with Gasteiger partial charge in [-0.2, -0.15) is 0 Å². The highest BCUT2D eigenvalue weighted by atomic mass is 79.9. The summed E-state index contributed by atoms with van der Waals surface area (Å²) in [5.41, 5.74) is 0. The summed E-state index contributed by atoms with van der Waals surface area (Å²) in [5, 5.41) is 11.6. The first-order valence-corrected chi connectivity index (χ1v) is 10.3. The average Bonchev–Trinajstić information content (AvgIpc) is 3.25. The van der Waals surface area contributed by atoms with Crippen LogP contribution < -0.4 is 5.32 Å². The van der Waals surface area contributed by atoms with Crippen LogP contribution in [-0.4, -0.2) is 59.5 Å². The Labute approximate surface area is 167 Å². The maximum absolute atomic E-state index is 5.11. The number of nitrogens with zero attached hydrogens (tertiary/aromatic N) is 5. The van der Waals surface area contributed by atoms with Crippen molar-refractivity contribution in [2.75, 3.05) is 33.9 Å². The molecule has 2 rings (SSSR count). The molecule has 9 heteroatoms. The van der Waals surface area contributed by atoms with Crippen molar-refractivity contribution >= 4 is 33.2 Å². The molecule has 0 aliphatic heterocycles. The number of aromatic nitrogens is 3. The van der Waals surface area contributed by atoms with Crippen molar-refractivity contribution in [2.45, 2.75) is 32.9 Å². The third kappa shape index (κ3) is 6.69. The number of methoxy groups -OCH3 is 1. The van der Waals surface area contributed by atoms with E-state index in [0.717, 1.165) is 61.2 Å². The molecule has 0 radical (unpaired) electrons. The van der Waals surface area contributed by atoms with Crippen molar-refractivity contribution in [3.8, 4) is 0 Å². The Morgan fingerprint density at radius 2 is 2.31 bits per heavy atom. The second-order valence-electron chi connectivity index (χ2n) is 5.83. The molecule has 0 bridgehead atoms. The molecule has 0 unspecified atom stereocenters. The molecule has 0 aliphatic rings. The number of halogens is 1. The van der Waals surface area contributed by atoms with Crippen molar-refractivity contribution in [2.24, 2.45) is 4.99 Å². The Hall–Kier alpha value is -1.45. The number of aryl methyl sites for hydroxylation is 1. The molecule has 0 spiro atoms. The quantitative estimate of drug-likeness (QED) is 0.348. The molecule has 2 aromatic rings. The van der Waals surface area contributed by atoms with Gasteiger partial charge in [0.2, 0.25) is 0 Å². The first kappa shape index (κ1) is 20.9. The summed E-state index contributed by atoms with van der Waals surface area (Å²) in [4.78, 5) is 8.17. The average molecular weight is 443 g/mol. The highest BCUT2D eigenvalue weighted by Crippen LogP contribution is 2.22. The minimum Gasteiger partial charge on any atom is -0.385 e. The van der Waals surface area contributed by atoms with E-state index in [1.807, 2.05) is 0 Å². The Morgan fingerprint density at radius 3 is 3.00 bits per heavy atom. The number of rotatable bonds is 10. The van der Waals surface area contributed by atoms with Gasteiger partial charge < -0.3 is 19.5 Å². The van der Waals surface area contributed by atoms with Crippen LogP contribution >= 0.6 is 27.3 Å². The van der Waals surface area contributed by atoms with Crippen molar-refractivity contribution in [1.29, 1.82) is 0 Å². The topological polar surface area (TPSA) is 67.6 Å². The van der Waals surface area contributed by atoms with Gasteiger partial charge in [-0.05, 0) is 34.5 Å². The molecule has 0 aliphatic carbocycles. The monoisotopic (exact) mass is 442 g/mol. The maximum atomic E-state index is 5.11. The summed E-state index contributed by atoms with van der Waals surface area (Å²) in [6.45, 7) is 5.95. The van der Waals surface area contributed by atoms with Gasteiger partial charge in [0, 0.05) is 51.7 Å². The van der Waals surface area contributed by atoms with Gasteiger partial charge in [0.15, 0.2) is 5.96 Å². The Kier molecular flexibility index (Phi) is 9.07. The van der Waals surface area contributed by atoms with Gasteiger partial charge in [-0.25, -0.2) is 0 Å². The molecule has 0 saturated heterocycles. The fourth-order valence-corrected chi connectivity index (χ4v) is 4.02. The van der Waals surface area contributed by atoms with E-state index in [1.165, 1.54) is 4.88 Å². The van der Waals surface area contributed by atoms with Crippen molar-refractivity contribution in [1.82, 2.24) is 25.0 Å². The largest absolute Gasteiger partial charge is 0.385 e. The lowest BCUT2D eigenvalue weighted by Gasteiger charge is -2.22. The predicted molar refractivity (Wildman–Crippen MR) is 110 cm³/mol. The van der Waals surface area contributed by atoms with Crippen molar-refractivity contribution in [3.05, 3.63) is 32.9 Å². The van der Waals surface area contributed by atoms with Gasteiger partial charge in [0.05, 0.1) is 10.3 Å². The van der Waals surface area contributed by atoms with Crippen LogP contribution in [0.4, 0.5) is 0 Å². The van der Waals surface area contributed by atoms with E-state index in [1.54, 1.807) is 24.8 Å². The molecule has 0 saturated carbocycles. The van der Waals surface area contributed by atoms with Crippen LogP contribution in [0.3, 0.4) is 0 Å². The summed E-state index contributed by atoms with van der Waals surface area (Å²) in [6.07, 6.45) is 3.57. The standard InChI is InChI=1S/C17H27BrN6OS/c1-4-16-22-21-13-24(16)10-9-20-17(19-8-5-11-25-3)23(2)12-14-6-7-15(18)26-14/h6-7,13H,4-5,8-12H2,1-3H3,(H,19,20). The Balaban J connectivity index is 1.93. The van der Waals surface area contributed by atoms with Gasteiger partial charge in [-0.1, -0.05) is 6.92 Å². The smallest absolute Gasteiger partial charge is 0.194 e. The fraction of sp³-hybridized carbons (Fsp3) is 0.588. The Bertz CT molecular complexity index is 686. The molecule has 0 atom stereocenters. The number of hydrogen-bond donors (Lipinski definition) is 1. The van der Waals surface area contributed by atoms with Crippen LogP contribution in [0.25, 0.3) is 0 Å². The van der Waals surface area contributed by atoms with E-state index in [9.17, 15) is 0 Å². The van der Waals surface area contributed by atoms with Gasteiger partial charge >= 0.3 is 0 Å². The molecule has 7 nitrogen and oxygen atoms in total. The molecule has 2 aromatic heterocycles. The molecule has 0 aromatic carbocycles. The van der Waals surface area contributed by atoms with Crippen LogP contribution in [0, 0.1) is 0 Å². The minimum absolute atomic E-state index is 0.721. The molecule has 0 amide bonds. The zero-order chi connectivity index (χ0) is 18.8. The normalized spacial score (nSPS) is 11.8. The highest BCUT2D eigenvalue weighted by Gasteiger charge is 2.09. The van der Waals surface area contributed by atoms with E-state index in [0.29, 0.717) is 0 Å². The van der Waals surface area contributed by atoms with E-state index in [-0.39, 0.29) is 0 Å². The van der Waals surface area contributed by atoms with E-state index >= 15 is 0 Å². The molecule has 0 fully saturated rings. The molecule has 26 heavy (non-hydrogen) atoms. The van der Waals surface area contributed by atoms with Crippen LogP contribution in [0.1, 0.15) is 24.0 Å². The third-order valence-electron chi connectivity index (χ3n) is 3.80. The molecule has 2 heterocycles. The van der Waals surface area contributed by atoms with E-state index in [2.05, 4.69) is 67.0 Å². The first-order chi connectivity index (χ1) is 12.6. The lowest BCUT2D eigenvalue weighted by atomic mass is 10.4. The number of aliphatic imine (C=N–C) groups is 1. The summed E-state index contributed by atoms with van der Waals surface area (Å²) < 4.78 is 8.33. The SMILES string of the molecule is CCc1nncn1CCNC(=NCCCOC)N(C)Cc1ccc(Br)s1. The second-order valence-corrected chi connectivity index (χ2v) is 8.38. The van der Waals surface area contributed by atoms with Crippen LogP contribution in [0.15, 0.2) is 27.2 Å². The van der Waals surface area contributed by atoms with Gasteiger partial charge in [-0.3, -0.25) is 4.99 Å². The van der Waals surface area contributed by atoms with Gasteiger partial charge in [0.25, 0.3) is 0 Å². The number of thiophene rings is 1. The van der Waals surface area contributed by atoms with Gasteiger partial charge in [0.1, 0.15) is 12.2 Å². The van der Waals surface area contributed by atoms with E-state index in [4.69, 9.17) is 9.73 Å². The number of hydrogen-bond acceptors (Lipinski definition) is 5. The lowest BCUT2D eigenvalue weighted by molar-refractivity contribution is 0.197. The minimum atomic E-state index is 0.721. The van der Waals surface area contributed by atoms with Crippen LogP contribution in [-0.2, 0) is 24.2 Å². The zero-order valence-corrected chi connectivity index (χ0v) is 18.0. The third-order valence-corrected chi connectivity index (χ3v) is 5.41. The summed E-state index contributed by atoms with van der Waals surface area (Å²) in [7, 11) is 3.78. The number of ether oxygens (including phenoxy) is 1. The van der Waals surface area contributed by atoms with Crippen LogP contribution in [0.2, 0.25) is 0 Å².